The molecule has 0 radical (unpaired) electrons. The number of benzene rings is 1. The van der Waals surface area contributed by atoms with Crippen molar-refractivity contribution in [3.8, 4) is 11.3 Å². The molecular weight excluding hydrogens is 365 g/mol. The van der Waals surface area contributed by atoms with Crippen LogP contribution in [0.15, 0.2) is 58.0 Å². The van der Waals surface area contributed by atoms with Gasteiger partial charge in [-0.3, -0.25) is 4.79 Å². The molecule has 0 saturated heterocycles. The molecule has 1 amide bonds. The molecule has 2 heterocycles. The van der Waals surface area contributed by atoms with Crippen LogP contribution in [-0.4, -0.2) is 22.6 Å². The summed E-state index contributed by atoms with van der Waals surface area (Å²) in [5, 5.41) is 11.9. The fourth-order valence-electron chi connectivity index (χ4n) is 2.28. The zero-order valence-electron chi connectivity index (χ0n) is 15.1. The lowest BCUT2D eigenvalue weighted by atomic mass is 10.1. The summed E-state index contributed by atoms with van der Waals surface area (Å²) in [6.45, 7) is 4.68. The zero-order chi connectivity index (χ0) is 19.2. The highest BCUT2D eigenvalue weighted by molar-refractivity contribution is 7.98. The minimum atomic E-state index is -0.283. The summed E-state index contributed by atoms with van der Waals surface area (Å²) in [6.07, 6.45) is 0. The van der Waals surface area contributed by atoms with E-state index < -0.39 is 0 Å². The number of nitrogens with zero attached hydrogens (tertiary/aromatic N) is 2. The molecular formula is C20H20FN3O2S. The van der Waals surface area contributed by atoms with E-state index in [1.165, 1.54) is 23.9 Å². The molecule has 2 aromatic heterocycles. The second-order valence-corrected chi connectivity index (χ2v) is 7.42. The van der Waals surface area contributed by atoms with Gasteiger partial charge in [0, 0.05) is 12.1 Å². The Morgan fingerprint density at radius 2 is 1.89 bits per heavy atom. The van der Waals surface area contributed by atoms with Crippen LogP contribution < -0.4 is 5.32 Å². The van der Waals surface area contributed by atoms with Gasteiger partial charge in [-0.2, -0.15) is 0 Å². The van der Waals surface area contributed by atoms with Gasteiger partial charge in [0.2, 0.25) is 0 Å². The maximum atomic E-state index is 13.0. The smallest absolute Gasteiger partial charge is 0.287 e. The minimum Gasteiger partial charge on any atom is -0.455 e. The molecule has 27 heavy (non-hydrogen) atoms. The van der Waals surface area contributed by atoms with Crippen LogP contribution in [0.5, 0.6) is 0 Å². The van der Waals surface area contributed by atoms with Crippen molar-refractivity contribution in [3.05, 3.63) is 65.9 Å². The van der Waals surface area contributed by atoms with Crippen molar-refractivity contribution in [2.75, 3.05) is 6.54 Å². The van der Waals surface area contributed by atoms with Gasteiger partial charge in [-0.05, 0) is 54.4 Å². The van der Waals surface area contributed by atoms with E-state index in [-0.39, 0.29) is 11.7 Å². The molecule has 3 rings (SSSR count). The number of carbonyl (C=O) groups is 1. The van der Waals surface area contributed by atoms with Crippen molar-refractivity contribution in [3.63, 3.8) is 0 Å². The number of halogens is 1. The van der Waals surface area contributed by atoms with Gasteiger partial charge >= 0.3 is 0 Å². The van der Waals surface area contributed by atoms with Crippen LogP contribution >= 0.6 is 11.8 Å². The van der Waals surface area contributed by atoms with E-state index in [9.17, 15) is 9.18 Å². The van der Waals surface area contributed by atoms with Crippen LogP contribution in [0.1, 0.15) is 30.2 Å². The molecule has 7 heteroatoms. The molecule has 0 aliphatic rings. The average Bonchev–Trinajstić information content (AvgIpc) is 3.15. The van der Waals surface area contributed by atoms with Crippen LogP contribution in [-0.2, 0) is 5.75 Å². The van der Waals surface area contributed by atoms with Crippen molar-refractivity contribution in [2.24, 2.45) is 5.92 Å². The first-order valence-corrected chi connectivity index (χ1v) is 9.59. The van der Waals surface area contributed by atoms with E-state index in [4.69, 9.17) is 4.42 Å². The Hall–Kier alpha value is -2.67. The van der Waals surface area contributed by atoms with Crippen molar-refractivity contribution >= 4 is 17.7 Å². The molecule has 5 nitrogen and oxygen atoms in total. The highest BCUT2D eigenvalue weighted by atomic mass is 32.2. The van der Waals surface area contributed by atoms with Crippen LogP contribution in [0.4, 0.5) is 4.39 Å². The van der Waals surface area contributed by atoms with Crippen LogP contribution in [0.25, 0.3) is 11.3 Å². The number of aromatic nitrogens is 2. The molecule has 1 N–H and O–H groups in total. The molecule has 140 valence electrons. The van der Waals surface area contributed by atoms with E-state index in [0.717, 1.165) is 10.6 Å². The predicted molar refractivity (Wildman–Crippen MR) is 103 cm³/mol. The lowest BCUT2D eigenvalue weighted by molar-refractivity contribution is 0.0920. The summed E-state index contributed by atoms with van der Waals surface area (Å²) in [6, 6.07) is 13.3. The Balaban J connectivity index is 1.56. The van der Waals surface area contributed by atoms with Gasteiger partial charge in [-0.15, -0.1) is 10.2 Å². The Labute approximate surface area is 161 Å². The van der Waals surface area contributed by atoms with E-state index in [0.29, 0.717) is 35.4 Å². The number of carbonyl (C=O) groups excluding carboxylic acids is 1. The second kappa shape index (κ2) is 8.81. The second-order valence-electron chi connectivity index (χ2n) is 6.42. The zero-order valence-corrected chi connectivity index (χ0v) is 15.9. The molecule has 0 aliphatic carbocycles. The average molecular weight is 385 g/mol. The number of nitrogens with one attached hydrogen (secondary N) is 1. The number of furan rings is 1. The molecule has 0 atom stereocenters. The fourth-order valence-corrected chi connectivity index (χ4v) is 2.99. The highest BCUT2D eigenvalue weighted by Crippen LogP contribution is 2.24. The fraction of sp³-hybridized carbons (Fsp3) is 0.250. The molecule has 3 aromatic rings. The SMILES string of the molecule is CC(C)CNC(=O)c1ccc(CSc2ccc(-c3ccc(F)cc3)nn2)o1. The summed E-state index contributed by atoms with van der Waals surface area (Å²) in [4.78, 5) is 12.0. The quantitative estimate of drug-likeness (QED) is 0.604. The van der Waals surface area contributed by atoms with Crippen molar-refractivity contribution in [2.45, 2.75) is 24.6 Å². The van der Waals surface area contributed by atoms with E-state index >= 15 is 0 Å². The van der Waals surface area contributed by atoms with Crippen molar-refractivity contribution in [1.29, 1.82) is 0 Å². The third-order valence-electron chi connectivity index (χ3n) is 3.70. The van der Waals surface area contributed by atoms with E-state index in [2.05, 4.69) is 15.5 Å². The van der Waals surface area contributed by atoms with Gasteiger partial charge in [0.1, 0.15) is 16.6 Å². The number of thioether (sulfide) groups is 1. The number of hydrogen-bond donors (Lipinski definition) is 1. The predicted octanol–water partition coefficient (Wildman–Crippen LogP) is 4.55. The van der Waals surface area contributed by atoms with Gasteiger partial charge in [0.25, 0.3) is 5.91 Å². The van der Waals surface area contributed by atoms with Crippen molar-refractivity contribution in [1.82, 2.24) is 15.5 Å². The molecule has 1 aromatic carbocycles. The lowest BCUT2D eigenvalue weighted by Crippen LogP contribution is -2.26. The number of hydrogen-bond acceptors (Lipinski definition) is 5. The van der Waals surface area contributed by atoms with Crippen LogP contribution in [0, 0.1) is 11.7 Å². The van der Waals surface area contributed by atoms with Crippen LogP contribution in [0.2, 0.25) is 0 Å². The standard InChI is InChI=1S/C20H20FN3O2S/c1-13(2)11-22-20(25)18-9-7-16(26-18)12-27-19-10-8-17(23-24-19)14-3-5-15(21)6-4-14/h3-10,13H,11-12H2,1-2H3,(H,22,25). The van der Waals surface area contributed by atoms with E-state index in [1.807, 2.05) is 26.0 Å². The maximum absolute atomic E-state index is 13.0. The van der Waals surface area contributed by atoms with Gasteiger partial charge in [0.05, 0.1) is 11.4 Å². The maximum Gasteiger partial charge on any atom is 0.287 e. The Kier molecular flexibility index (Phi) is 6.24. The first-order valence-electron chi connectivity index (χ1n) is 8.60. The summed E-state index contributed by atoms with van der Waals surface area (Å²) >= 11 is 1.46. The first kappa shape index (κ1) is 19.1. The van der Waals surface area contributed by atoms with Crippen molar-refractivity contribution < 1.29 is 13.6 Å². The van der Waals surface area contributed by atoms with Gasteiger partial charge in [0.15, 0.2) is 5.76 Å². The molecule has 0 bridgehead atoms. The summed E-state index contributed by atoms with van der Waals surface area (Å²) < 4.78 is 18.6. The lowest BCUT2D eigenvalue weighted by Gasteiger charge is -2.05. The Morgan fingerprint density at radius 3 is 2.56 bits per heavy atom. The molecule has 0 fully saturated rings. The molecule has 0 unspecified atom stereocenters. The number of amides is 1. The molecule has 0 aliphatic heterocycles. The van der Waals surface area contributed by atoms with Gasteiger partial charge in [-0.1, -0.05) is 25.6 Å². The highest BCUT2D eigenvalue weighted by Gasteiger charge is 2.12. The largest absolute Gasteiger partial charge is 0.455 e. The Bertz CT molecular complexity index is 892. The summed E-state index contributed by atoms with van der Waals surface area (Å²) in [5.74, 6) is 1.44. The van der Waals surface area contributed by atoms with E-state index in [1.54, 1.807) is 24.3 Å². The number of rotatable bonds is 7. The van der Waals surface area contributed by atoms with Gasteiger partial charge in [-0.25, -0.2) is 4.39 Å². The normalized spacial score (nSPS) is 11.0. The van der Waals surface area contributed by atoms with Gasteiger partial charge < -0.3 is 9.73 Å². The van der Waals surface area contributed by atoms with Crippen LogP contribution in [0.3, 0.4) is 0 Å². The third kappa shape index (κ3) is 5.40. The molecule has 0 spiro atoms. The monoisotopic (exact) mass is 385 g/mol. The minimum absolute atomic E-state index is 0.205. The molecule has 0 saturated carbocycles. The Morgan fingerprint density at radius 1 is 1.11 bits per heavy atom. The first-order chi connectivity index (χ1) is 13.0. The topological polar surface area (TPSA) is 68.0 Å². The third-order valence-corrected chi connectivity index (χ3v) is 4.64. The summed E-state index contributed by atoms with van der Waals surface area (Å²) in [5.41, 5.74) is 1.49. The summed E-state index contributed by atoms with van der Waals surface area (Å²) in [7, 11) is 0.